The van der Waals surface area contributed by atoms with Crippen molar-refractivity contribution in [3.63, 3.8) is 0 Å². The van der Waals surface area contributed by atoms with Crippen molar-refractivity contribution in [2.24, 2.45) is 5.92 Å². The molecule has 0 spiro atoms. The van der Waals surface area contributed by atoms with Crippen molar-refractivity contribution < 1.29 is 19.5 Å². The number of anilines is 1. The highest BCUT2D eigenvalue weighted by Crippen LogP contribution is 2.33. The normalized spacial score (nSPS) is 17.0. The number of carbonyl (C=O) groups excluding carboxylic acids is 1. The summed E-state index contributed by atoms with van der Waals surface area (Å²) in [7, 11) is 0. The summed E-state index contributed by atoms with van der Waals surface area (Å²) in [5, 5.41) is 27.4. The van der Waals surface area contributed by atoms with E-state index in [0.717, 1.165) is 19.3 Å². The van der Waals surface area contributed by atoms with Gasteiger partial charge in [0.25, 0.3) is 5.91 Å². The van der Waals surface area contributed by atoms with E-state index in [9.17, 15) is 14.7 Å². The Labute approximate surface area is 156 Å². The molecule has 1 fully saturated rings. The van der Waals surface area contributed by atoms with Crippen LogP contribution in [-0.4, -0.2) is 33.5 Å². The van der Waals surface area contributed by atoms with Crippen LogP contribution >= 0.6 is 0 Å². The number of benzene rings is 1. The van der Waals surface area contributed by atoms with Gasteiger partial charge in [0.2, 0.25) is 5.60 Å². The van der Waals surface area contributed by atoms with E-state index in [1.165, 1.54) is 0 Å². The number of amides is 1. The van der Waals surface area contributed by atoms with Gasteiger partial charge in [-0.05, 0) is 38.0 Å². The van der Waals surface area contributed by atoms with E-state index in [2.05, 4.69) is 22.3 Å². The lowest BCUT2D eigenvalue weighted by Crippen LogP contribution is -2.49. The number of aromatic nitrogens is 1. The van der Waals surface area contributed by atoms with E-state index in [0.29, 0.717) is 35.0 Å². The Morgan fingerprint density at radius 1 is 1.33 bits per heavy atom. The number of fused-ring (bicyclic) bond motifs is 1. The van der Waals surface area contributed by atoms with Gasteiger partial charge in [0.05, 0.1) is 11.1 Å². The molecule has 1 atom stereocenters. The smallest absolute Gasteiger partial charge is 0.366 e. The Hall–Kier alpha value is -2.69. The number of carbonyl (C=O) groups is 1. The fourth-order valence-corrected chi connectivity index (χ4v) is 3.57. The van der Waals surface area contributed by atoms with Crippen molar-refractivity contribution in [1.29, 1.82) is 0 Å². The van der Waals surface area contributed by atoms with Crippen LogP contribution in [0.2, 0.25) is 0 Å². The zero-order chi connectivity index (χ0) is 19.4. The fraction of sp³-hybridized carbons (Fsp3) is 0.450. The average Bonchev–Trinajstić information content (AvgIpc) is 2.69. The van der Waals surface area contributed by atoms with Crippen LogP contribution in [0.25, 0.3) is 10.8 Å². The number of rotatable bonds is 3. The van der Waals surface area contributed by atoms with Gasteiger partial charge in [-0.1, -0.05) is 36.3 Å². The minimum absolute atomic E-state index is 0.291. The largest absolute Gasteiger partial charge is 0.384 e. The molecule has 1 aromatic heterocycles. The minimum atomic E-state index is -1.87. The summed E-state index contributed by atoms with van der Waals surface area (Å²) in [4.78, 5) is 24.6. The molecule has 0 aliphatic heterocycles. The number of aliphatic hydroxyl groups excluding tert-OH is 1. The maximum Gasteiger partial charge on any atom is 0.366 e. The molecule has 1 heterocycles. The standard InChI is InChI=1S/C20H22N2O5/c1-13-17-12-15(8-9-16(17)18(24)27-22-13)21-19(25)20(26,10-5-11-23)14-6-3-2-4-7-14/h8-9,12,14,23,26H,2-4,6-7,11H2,1H3,(H,21,25). The third-order valence-corrected chi connectivity index (χ3v) is 5.05. The summed E-state index contributed by atoms with van der Waals surface area (Å²) < 4.78 is 4.70. The van der Waals surface area contributed by atoms with Crippen LogP contribution in [0, 0.1) is 24.7 Å². The van der Waals surface area contributed by atoms with Gasteiger partial charge in [-0.25, -0.2) is 4.79 Å². The molecule has 1 amide bonds. The molecule has 1 aromatic carbocycles. The van der Waals surface area contributed by atoms with Gasteiger partial charge in [0.1, 0.15) is 6.61 Å². The predicted molar refractivity (Wildman–Crippen MR) is 100 cm³/mol. The van der Waals surface area contributed by atoms with Crippen LogP contribution in [0.15, 0.2) is 27.5 Å². The maximum absolute atomic E-state index is 12.9. The summed E-state index contributed by atoms with van der Waals surface area (Å²) in [5.74, 6) is 4.06. The van der Waals surface area contributed by atoms with Crippen molar-refractivity contribution in [3.8, 4) is 11.8 Å². The Balaban J connectivity index is 1.92. The van der Waals surface area contributed by atoms with E-state index in [-0.39, 0.29) is 5.92 Å². The van der Waals surface area contributed by atoms with Gasteiger partial charge in [0.15, 0.2) is 0 Å². The van der Waals surface area contributed by atoms with Crippen molar-refractivity contribution in [3.05, 3.63) is 34.3 Å². The van der Waals surface area contributed by atoms with E-state index in [1.54, 1.807) is 25.1 Å². The Morgan fingerprint density at radius 3 is 2.78 bits per heavy atom. The van der Waals surface area contributed by atoms with Crippen molar-refractivity contribution in [1.82, 2.24) is 5.16 Å². The van der Waals surface area contributed by atoms with Crippen molar-refractivity contribution >= 4 is 22.4 Å². The molecule has 0 saturated heterocycles. The highest BCUT2D eigenvalue weighted by Gasteiger charge is 2.43. The molecule has 0 bridgehead atoms. The molecule has 0 radical (unpaired) electrons. The second kappa shape index (κ2) is 7.91. The van der Waals surface area contributed by atoms with Gasteiger partial charge in [-0.3, -0.25) is 4.79 Å². The summed E-state index contributed by atoms with van der Waals surface area (Å²) in [6, 6.07) is 4.73. The molecule has 3 rings (SSSR count). The maximum atomic E-state index is 12.9. The van der Waals surface area contributed by atoms with E-state index in [4.69, 9.17) is 9.63 Å². The molecule has 1 aliphatic carbocycles. The fourth-order valence-electron chi connectivity index (χ4n) is 3.57. The van der Waals surface area contributed by atoms with Crippen LogP contribution in [0.5, 0.6) is 0 Å². The third kappa shape index (κ3) is 3.87. The zero-order valence-corrected chi connectivity index (χ0v) is 15.1. The molecule has 7 nitrogen and oxygen atoms in total. The van der Waals surface area contributed by atoms with Crippen molar-refractivity contribution in [2.45, 2.75) is 44.6 Å². The second-order valence-corrected chi connectivity index (χ2v) is 6.83. The summed E-state index contributed by atoms with van der Waals surface area (Å²) >= 11 is 0. The highest BCUT2D eigenvalue weighted by molar-refractivity contribution is 6.01. The van der Waals surface area contributed by atoms with Gasteiger partial charge in [-0.15, -0.1) is 0 Å². The molecule has 1 unspecified atom stereocenters. The second-order valence-electron chi connectivity index (χ2n) is 6.83. The number of nitrogens with one attached hydrogen (secondary N) is 1. The molecule has 3 N–H and O–H groups in total. The summed E-state index contributed by atoms with van der Waals surface area (Å²) in [5.41, 5.74) is -1.49. The first-order valence-corrected chi connectivity index (χ1v) is 9.01. The quantitative estimate of drug-likeness (QED) is 0.710. The van der Waals surface area contributed by atoms with Gasteiger partial charge in [0, 0.05) is 17.0 Å². The molecule has 2 aromatic rings. The highest BCUT2D eigenvalue weighted by atomic mass is 16.5. The van der Waals surface area contributed by atoms with Crippen LogP contribution < -0.4 is 10.9 Å². The lowest BCUT2D eigenvalue weighted by Gasteiger charge is -2.33. The van der Waals surface area contributed by atoms with Gasteiger partial charge >= 0.3 is 5.63 Å². The number of hydrogen-bond acceptors (Lipinski definition) is 6. The number of aliphatic hydroxyl groups is 2. The summed E-state index contributed by atoms with van der Waals surface area (Å²) in [6.45, 7) is 1.26. The van der Waals surface area contributed by atoms with Crippen LogP contribution in [0.1, 0.15) is 37.8 Å². The first-order valence-electron chi connectivity index (χ1n) is 9.01. The van der Waals surface area contributed by atoms with E-state index >= 15 is 0 Å². The Kier molecular flexibility index (Phi) is 5.59. The van der Waals surface area contributed by atoms with Crippen LogP contribution in [0.3, 0.4) is 0 Å². The first kappa shape index (κ1) is 19.1. The summed E-state index contributed by atoms with van der Waals surface area (Å²) in [6.07, 6.45) is 4.33. The van der Waals surface area contributed by atoms with E-state index < -0.39 is 23.7 Å². The predicted octanol–water partition coefficient (Wildman–Crippen LogP) is 1.74. The molecule has 142 valence electrons. The molecule has 7 heteroatoms. The molecule has 1 aliphatic rings. The van der Waals surface area contributed by atoms with Crippen molar-refractivity contribution in [2.75, 3.05) is 11.9 Å². The van der Waals surface area contributed by atoms with Crippen LogP contribution in [0.4, 0.5) is 5.69 Å². The number of hydrogen-bond donors (Lipinski definition) is 3. The van der Waals surface area contributed by atoms with Gasteiger partial charge < -0.3 is 20.1 Å². The lowest BCUT2D eigenvalue weighted by molar-refractivity contribution is -0.134. The van der Waals surface area contributed by atoms with E-state index in [1.807, 2.05) is 0 Å². The minimum Gasteiger partial charge on any atom is -0.384 e. The molecule has 27 heavy (non-hydrogen) atoms. The molecular weight excluding hydrogens is 348 g/mol. The monoisotopic (exact) mass is 370 g/mol. The topological polar surface area (TPSA) is 113 Å². The Morgan fingerprint density at radius 2 is 2.07 bits per heavy atom. The third-order valence-electron chi connectivity index (χ3n) is 5.05. The SMILES string of the molecule is Cc1noc(=O)c2ccc(NC(=O)C(O)(C#CCO)C3CCCCC3)cc12. The van der Waals surface area contributed by atoms with Crippen LogP contribution in [-0.2, 0) is 4.79 Å². The molecule has 1 saturated carbocycles. The number of aryl methyl sites for hydroxylation is 1. The molecular formula is C20H22N2O5. The lowest BCUT2D eigenvalue weighted by atomic mass is 9.76. The Bertz CT molecular complexity index is 966. The number of nitrogens with zero attached hydrogens (tertiary/aromatic N) is 1. The zero-order valence-electron chi connectivity index (χ0n) is 15.1. The van der Waals surface area contributed by atoms with Gasteiger partial charge in [-0.2, -0.15) is 0 Å². The average molecular weight is 370 g/mol. The first-order chi connectivity index (χ1) is 13.0.